The average Bonchev–Trinajstić information content (AvgIpc) is 2.36. The fourth-order valence-corrected chi connectivity index (χ4v) is 1.36. The predicted octanol–water partition coefficient (Wildman–Crippen LogP) is -0.591. The molecule has 0 saturated carbocycles. The number of carbonyl (C=O) groups is 3. The lowest BCUT2D eigenvalue weighted by atomic mass is 9.95. The summed E-state index contributed by atoms with van der Waals surface area (Å²) in [6, 6.07) is 0. The van der Waals surface area contributed by atoms with Crippen LogP contribution in [0.2, 0.25) is 0 Å². The van der Waals surface area contributed by atoms with Gasteiger partial charge >= 0.3 is 17.9 Å². The standard InChI is InChI=1S/C10H10NO7/c1-17-7(12)6-3-4-10(8(13)14,9(15)18-2)11(16)5-6/h3-5H,1-2H3,(H,13,14)/q-1. The van der Waals surface area contributed by atoms with Crippen molar-refractivity contribution in [2.24, 2.45) is 0 Å². The van der Waals surface area contributed by atoms with Crippen LogP contribution in [0.25, 0.3) is 0 Å². The summed E-state index contributed by atoms with van der Waals surface area (Å²) in [4.78, 5) is 33.7. The zero-order valence-electron chi connectivity index (χ0n) is 9.58. The highest BCUT2D eigenvalue weighted by Gasteiger charge is 2.48. The molecule has 0 spiro atoms. The zero-order valence-corrected chi connectivity index (χ0v) is 9.58. The first-order chi connectivity index (χ1) is 8.40. The van der Waals surface area contributed by atoms with E-state index in [2.05, 4.69) is 9.47 Å². The summed E-state index contributed by atoms with van der Waals surface area (Å²) in [6.45, 7) is 0. The van der Waals surface area contributed by atoms with E-state index in [1.54, 1.807) is 0 Å². The van der Waals surface area contributed by atoms with Crippen molar-refractivity contribution in [3.63, 3.8) is 0 Å². The Hall–Kier alpha value is -2.35. The van der Waals surface area contributed by atoms with E-state index in [0.717, 1.165) is 26.4 Å². The predicted molar refractivity (Wildman–Crippen MR) is 56.8 cm³/mol. The lowest BCUT2D eigenvalue weighted by Gasteiger charge is -2.42. The quantitative estimate of drug-likeness (QED) is 0.526. The zero-order chi connectivity index (χ0) is 13.9. The van der Waals surface area contributed by atoms with Crippen molar-refractivity contribution in [3.05, 3.63) is 29.1 Å². The molecule has 0 amide bonds. The van der Waals surface area contributed by atoms with Gasteiger partial charge in [0.2, 0.25) is 5.54 Å². The minimum atomic E-state index is -2.52. The van der Waals surface area contributed by atoms with E-state index in [-0.39, 0.29) is 10.6 Å². The third-order valence-corrected chi connectivity index (χ3v) is 2.35. The second-order valence-corrected chi connectivity index (χ2v) is 3.30. The molecule has 18 heavy (non-hydrogen) atoms. The Labute approximate surface area is 102 Å². The first-order valence-corrected chi connectivity index (χ1v) is 4.67. The van der Waals surface area contributed by atoms with Gasteiger partial charge in [0.25, 0.3) is 0 Å². The highest BCUT2D eigenvalue weighted by atomic mass is 16.6. The Kier molecular flexibility index (Phi) is 3.72. The number of hydrogen-bond acceptors (Lipinski definition) is 7. The van der Waals surface area contributed by atoms with E-state index in [0.29, 0.717) is 6.20 Å². The van der Waals surface area contributed by atoms with Gasteiger partial charge in [-0.1, -0.05) is 0 Å². The molecule has 1 unspecified atom stereocenters. The van der Waals surface area contributed by atoms with Crippen molar-refractivity contribution in [1.29, 1.82) is 0 Å². The molecule has 0 bridgehead atoms. The molecule has 1 atom stereocenters. The molecule has 8 nitrogen and oxygen atoms in total. The molecule has 0 aromatic carbocycles. The van der Waals surface area contributed by atoms with Crippen LogP contribution in [0, 0.1) is 5.21 Å². The third-order valence-electron chi connectivity index (χ3n) is 2.35. The number of carboxylic acid groups (broad SMARTS) is 1. The highest BCUT2D eigenvalue weighted by molar-refractivity contribution is 6.08. The summed E-state index contributed by atoms with van der Waals surface area (Å²) in [7, 11) is 2.06. The van der Waals surface area contributed by atoms with Gasteiger partial charge in [-0.05, 0) is 12.2 Å². The van der Waals surface area contributed by atoms with E-state index in [1.807, 2.05) is 0 Å². The first-order valence-electron chi connectivity index (χ1n) is 4.67. The summed E-state index contributed by atoms with van der Waals surface area (Å²) in [5.41, 5.74) is -2.69. The van der Waals surface area contributed by atoms with Crippen molar-refractivity contribution in [3.8, 4) is 0 Å². The number of ether oxygens (including phenoxy) is 2. The van der Waals surface area contributed by atoms with Crippen molar-refractivity contribution >= 4 is 17.9 Å². The highest BCUT2D eigenvalue weighted by Crippen LogP contribution is 2.26. The molecular formula is C10H10NO7-. The van der Waals surface area contributed by atoms with E-state index in [9.17, 15) is 19.6 Å². The molecule has 0 fully saturated rings. The number of aliphatic carboxylic acids is 1. The number of nitrogens with zero attached hydrogens (tertiary/aromatic N) is 1. The lowest BCUT2D eigenvalue weighted by Crippen LogP contribution is -2.56. The molecule has 0 radical (unpaired) electrons. The summed E-state index contributed by atoms with van der Waals surface area (Å²) >= 11 is 0. The van der Waals surface area contributed by atoms with Crippen molar-refractivity contribution in [1.82, 2.24) is 5.06 Å². The first kappa shape index (κ1) is 13.7. The summed E-state index contributed by atoms with van der Waals surface area (Å²) in [5, 5.41) is 20.5. The second-order valence-electron chi connectivity index (χ2n) is 3.30. The molecule has 1 N–H and O–H groups in total. The minimum absolute atomic E-state index is 0.159. The Bertz CT molecular complexity index is 453. The lowest BCUT2D eigenvalue weighted by molar-refractivity contribution is -0.162. The van der Waals surface area contributed by atoms with Crippen LogP contribution in [0.15, 0.2) is 23.9 Å². The second kappa shape index (κ2) is 4.88. The number of carboxylic acids is 1. The Morgan fingerprint density at radius 3 is 2.33 bits per heavy atom. The fraction of sp³-hybridized carbons (Fsp3) is 0.300. The number of carbonyl (C=O) groups excluding carboxylic acids is 2. The number of methoxy groups -OCH3 is 2. The maximum atomic E-state index is 11.7. The van der Waals surface area contributed by atoms with Gasteiger partial charge in [-0.2, -0.15) is 0 Å². The smallest absolute Gasteiger partial charge is 0.346 e. The number of hydrogen-bond donors (Lipinski definition) is 1. The largest absolute Gasteiger partial charge is 0.757 e. The molecule has 98 valence electrons. The number of hydroxylamine groups is 2. The SMILES string of the molecule is COC(=O)C1=CN([O-])C(C(=O)O)(C(=O)OC)C=C1. The monoisotopic (exact) mass is 256 g/mol. The van der Waals surface area contributed by atoms with E-state index in [4.69, 9.17) is 5.11 Å². The van der Waals surface area contributed by atoms with Gasteiger partial charge in [-0.25, -0.2) is 14.4 Å². The molecule has 0 saturated heterocycles. The third kappa shape index (κ3) is 1.93. The Balaban J connectivity index is 3.20. The van der Waals surface area contributed by atoms with Gasteiger partial charge in [-0.3, -0.25) is 0 Å². The minimum Gasteiger partial charge on any atom is -0.757 e. The van der Waals surface area contributed by atoms with Gasteiger partial charge in [0, 0.05) is 6.20 Å². The summed E-state index contributed by atoms with van der Waals surface area (Å²) in [5.74, 6) is -3.79. The molecule has 0 aromatic heterocycles. The van der Waals surface area contributed by atoms with Crippen molar-refractivity contribution in [2.75, 3.05) is 14.2 Å². The number of esters is 2. The topological polar surface area (TPSA) is 116 Å². The molecule has 1 aliphatic rings. The summed E-state index contributed by atoms with van der Waals surface area (Å²) in [6.07, 6.45) is 2.46. The number of rotatable bonds is 3. The maximum Gasteiger partial charge on any atom is 0.346 e. The van der Waals surface area contributed by atoms with Crippen LogP contribution in [0.4, 0.5) is 0 Å². The van der Waals surface area contributed by atoms with E-state index < -0.39 is 23.4 Å². The maximum absolute atomic E-state index is 11.7. The average molecular weight is 256 g/mol. The molecule has 1 heterocycles. The van der Waals surface area contributed by atoms with Crippen LogP contribution in [-0.4, -0.2) is 47.8 Å². The fourth-order valence-electron chi connectivity index (χ4n) is 1.36. The van der Waals surface area contributed by atoms with Gasteiger partial charge in [0.15, 0.2) is 0 Å². The van der Waals surface area contributed by atoms with Gasteiger partial charge < -0.3 is 24.9 Å². The molecular weight excluding hydrogens is 246 g/mol. The van der Waals surface area contributed by atoms with Crippen molar-refractivity contribution < 1.29 is 29.0 Å². The van der Waals surface area contributed by atoms with Crippen LogP contribution >= 0.6 is 0 Å². The Morgan fingerprint density at radius 2 is 1.94 bits per heavy atom. The van der Waals surface area contributed by atoms with Crippen LogP contribution in [0.1, 0.15) is 0 Å². The van der Waals surface area contributed by atoms with Crippen LogP contribution in [-0.2, 0) is 23.9 Å². The van der Waals surface area contributed by atoms with E-state index >= 15 is 0 Å². The molecule has 1 aliphatic heterocycles. The van der Waals surface area contributed by atoms with E-state index in [1.165, 1.54) is 0 Å². The van der Waals surface area contributed by atoms with Crippen LogP contribution < -0.4 is 0 Å². The van der Waals surface area contributed by atoms with Gasteiger partial charge in [-0.15, -0.1) is 0 Å². The molecule has 0 aromatic rings. The molecule has 1 rings (SSSR count). The van der Waals surface area contributed by atoms with Crippen molar-refractivity contribution in [2.45, 2.75) is 5.54 Å². The van der Waals surface area contributed by atoms with Crippen LogP contribution in [0.3, 0.4) is 0 Å². The van der Waals surface area contributed by atoms with Gasteiger partial charge in [0.05, 0.1) is 19.8 Å². The Morgan fingerprint density at radius 1 is 1.33 bits per heavy atom. The molecule has 8 heteroatoms. The van der Waals surface area contributed by atoms with Gasteiger partial charge in [0.1, 0.15) is 0 Å². The van der Waals surface area contributed by atoms with Crippen LogP contribution in [0.5, 0.6) is 0 Å². The normalized spacial score (nSPS) is 22.2. The summed E-state index contributed by atoms with van der Waals surface area (Å²) < 4.78 is 8.65. The molecule has 0 aliphatic carbocycles.